The molecule has 4 rings (SSSR count). The van der Waals surface area contributed by atoms with Gasteiger partial charge in [-0.25, -0.2) is 4.98 Å². The highest BCUT2D eigenvalue weighted by Crippen LogP contribution is 2.31. The molecule has 192 valence electrons. The maximum atomic E-state index is 13.4. The number of amides is 2. The van der Waals surface area contributed by atoms with Crippen LogP contribution in [-0.2, 0) is 11.2 Å². The summed E-state index contributed by atoms with van der Waals surface area (Å²) in [4.78, 5) is 34.2. The van der Waals surface area contributed by atoms with Crippen molar-refractivity contribution in [1.82, 2.24) is 14.3 Å². The van der Waals surface area contributed by atoms with Crippen molar-refractivity contribution in [2.75, 3.05) is 44.5 Å². The molecule has 4 aromatic rings. The van der Waals surface area contributed by atoms with Gasteiger partial charge in [0.2, 0.25) is 5.91 Å². The summed E-state index contributed by atoms with van der Waals surface area (Å²) in [7, 11) is 5.07. The molecule has 8 nitrogen and oxygen atoms in total. The molecule has 0 bridgehead atoms. The number of methoxy groups -OCH3 is 1. The number of pyridine rings is 1. The molecule has 37 heavy (non-hydrogen) atoms. The molecule has 0 saturated heterocycles. The summed E-state index contributed by atoms with van der Waals surface area (Å²) in [5.74, 6) is 1.13. The van der Waals surface area contributed by atoms with E-state index in [-0.39, 0.29) is 18.4 Å². The van der Waals surface area contributed by atoms with E-state index in [2.05, 4.69) is 5.32 Å². The first-order valence-corrected chi connectivity index (χ1v) is 12.4. The minimum absolute atomic E-state index is 0.00172. The lowest BCUT2D eigenvalue weighted by Gasteiger charge is -2.24. The predicted octanol–water partition coefficient (Wildman–Crippen LogP) is 4.74. The molecular weight excluding hydrogens is 466 g/mol. The number of fused-ring (bicyclic) bond motifs is 1. The Morgan fingerprint density at radius 2 is 1.76 bits per heavy atom. The SMILES string of the molecule is CCc1nc2ccc(C(=O)Nc3cc(-c4ccccc4)ccc3OC)cn2c1N(CC)CC(=O)N(C)C. The normalized spacial score (nSPS) is 10.8. The highest BCUT2D eigenvalue weighted by Gasteiger charge is 2.21. The van der Waals surface area contributed by atoms with E-state index >= 15 is 0 Å². The van der Waals surface area contributed by atoms with Gasteiger partial charge in [0.15, 0.2) is 0 Å². The van der Waals surface area contributed by atoms with E-state index in [9.17, 15) is 9.59 Å². The zero-order chi connectivity index (χ0) is 26.5. The number of anilines is 2. The quantitative estimate of drug-likeness (QED) is 0.360. The zero-order valence-corrected chi connectivity index (χ0v) is 22.0. The van der Waals surface area contributed by atoms with E-state index in [1.807, 2.05) is 77.7 Å². The third kappa shape index (κ3) is 5.43. The van der Waals surface area contributed by atoms with Crippen LogP contribution >= 0.6 is 0 Å². The van der Waals surface area contributed by atoms with E-state index in [1.165, 1.54) is 0 Å². The first-order valence-electron chi connectivity index (χ1n) is 12.4. The van der Waals surface area contributed by atoms with Crippen LogP contribution in [0.1, 0.15) is 29.9 Å². The number of nitrogens with one attached hydrogen (secondary N) is 1. The van der Waals surface area contributed by atoms with Crippen LogP contribution in [0.15, 0.2) is 66.9 Å². The molecule has 2 heterocycles. The van der Waals surface area contributed by atoms with Gasteiger partial charge in [-0.3, -0.25) is 14.0 Å². The molecule has 2 aromatic carbocycles. The van der Waals surface area contributed by atoms with E-state index < -0.39 is 0 Å². The highest BCUT2D eigenvalue weighted by molar-refractivity contribution is 6.05. The number of nitrogens with zero attached hydrogens (tertiary/aromatic N) is 4. The van der Waals surface area contributed by atoms with Gasteiger partial charge in [-0.2, -0.15) is 0 Å². The Morgan fingerprint density at radius 1 is 1.00 bits per heavy atom. The second-order valence-corrected chi connectivity index (χ2v) is 8.92. The van der Waals surface area contributed by atoms with Gasteiger partial charge in [-0.15, -0.1) is 0 Å². The van der Waals surface area contributed by atoms with Gasteiger partial charge in [0, 0.05) is 26.8 Å². The molecule has 0 unspecified atom stereocenters. The van der Waals surface area contributed by atoms with Crippen molar-refractivity contribution in [2.45, 2.75) is 20.3 Å². The van der Waals surface area contributed by atoms with E-state index in [4.69, 9.17) is 9.72 Å². The largest absolute Gasteiger partial charge is 0.495 e. The molecular formula is C29H33N5O3. The number of hydrogen-bond acceptors (Lipinski definition) is 5. The first kappa shape index (κ1) is 25.8. The van der Waals surface area contributed by atoms with Crippen LogP contribution < -0.4 is 15.0 Å². The topological polar surface area (TPSA) is 79.2 Å². The van der Waals surface area contributed by atoms with Crippen molar-refractivity contribution in [3.8, 4) is 16.9 Å². The number of rotatable bonds is 9. The van der Waals surface area contributed by atoms with Crippen molar-refractivity contribution in [3.63, 3.8) is 0 Å². The molecule has 0 aliphatic carbocycles. The van der Waals surface area contributed by atoms with Gasteiger partial charge in [0.1, 0.15) is 17.2 Å². The second kappa shape index (κ2) is 11.2. The standard InChI is InChI=1S/C29H33N5O3/c1-6-23-29(33(7-2)19-27(35)32(3)4)34-18-22(14-16-26(34)30-23)28(36)31-24-17-21(13-15-25(24)37-5)20-11-9-8-10-12-20/h8-18H,6-7,19H2,1-5H3,(H,31,36). The summed E-state index contributed by atoms with van der Waals surface area (Å²) in [6, 6.07) is 19.3. The predicted molar refractivity (Wildman–Crippen MR) is 148 cm³/mol. The number of hydrogen-bond donors (Lipinski definition) is 1. The second-order valence-electron chi connectivity index (χ2n) is 8.92. The lowest BCUT2D eigenvalue weighted by molar-refractivity contribution is -0.127. The minimum atomic E-state index is -0.268. The van der Waals surface area contributed by atoms with Crippen LogP contribution in [-0.4, -0.2) is 60.4 Å². The van der Waals surface area contributed by atoms with Crippen molar-refractivity contribution >= 4 is 29.0 Å². The Hall–Kier alpha value is -4.33. The minimum Gasteiger partial charge on any atom is -0.495 e. The van der Waals surface area contributed by atoms with Gasteiger partial charge in [-0.05, 0) is 48.7 Å². The molecule has 2 amide bonds. The zero-order valence-electron chi connectivity index (χ0n) is 22.0. The molecule has 0 radical (unpaired) electrons. The highest BCUT2D eigenvalue weighted by atomic mass is 16.5. The number of carbonyl (C=O) groups is 2. The fraction of sp³-hybridized carbons (Fsp3) is 0.276. The summed E-state index contributed by atoms with van der Waals surface area (Å²) < 4.78 is 7.41. The Labute approximate surface area is 217 Å². The average Bonchev–Trinajstić information content (AvgIpc) is 3.29. The van der Waals surface area contributed by atoms with Crippen molar-refractivity contribution in [3.05, 3.63) is 78.1 Å². The monoisotopic (exact) mass is 499 g/mol. The smallest absolute Gasteiger partial charge is 0.257 e. The Morgan fingerprint density at radius 3 is 2.41 bits per heavy atom. The molecule has 0 aliphatic heterocycles. The number of benzene rings is 2. The van der Waals surface area contributed by atoms with Crippen LogP contribution in [0.5, 0.6) is 5.75 Å². The third-order valence-electron chi connectivity index (χ3n) is 6.32. The number of ether oxygens (including phenoxy) is 1. The number of likely N-dealkylation sites (N-methyl/N-ethyl adjacent to an activating group) is 2. The third-order valence-corrected chi connectivity index (χ3v) is 6.32. The molecule has 0 aliphatic rings. The number of carbonyl (C=O) groups excluding carboxylic acids is 2. The maximum Gasteiger partial charge on any atom is 0.257 e. The molecule has 0 spiro atoms. The van der Waals surface area contributed by atoms with Crippen molar-refractivity contribution < 1.29 is 14.3 Å². The number of aromatic nitrogens is 2. The molecule has 0 atom stereocenters. The lowest BCUT2D eigenvalue weighted by atomic mass is 10.0. The maximum absolute atomic E-state index is 13.4. The van der Waals surface area contributed by atoms with Crippen LogP contribution in [0.25, 0.3) is 16.8 Å². The van der Waals surface area contributed by atoms with E-state index in [0.29, 0.717) is 30.0 Å². The Balaban J connectivity index is 1.69. The fourth-order valence-corrected chi connectivity index (χ4v) is 4.24. The van der Waals surface area contributed by atoms with Crippen LogP contribution in [0, 0.1) is 0 Å². The van der Waals surface area contributed by atoms with Gasteiger partial charge < -0.3 is 19.9 Å². The van der Waals surface area contributed by atoms with Gasteiger partial charge in [-0.1, -0.05) is 43.3 Å². The van der Waals surface area contributed by atoms with Crippen LogP contribution in [0.3, 0.4) is 0 Å². The summed E-state index contributed by atoms with van der Waals surface area (Å²) in [6.45, 7) is 4.89. The lowest BCUT2D eigenvalue weighted by Crippen LogP contribution is -2.37. The summed E-state index contributed by atoms with van der Waals surface area (Å²) in [6.07, 6.45) is 2.48. The van der Waals surface area contributed by atoms with Crippen molar-refractivity contribution in [1.29, 1.82) is 0 Å². The number of imidazole rings is 1. The fourth-order valence-electron chi connectivity index (χ4n) is 4.24. The molecule has 8 heteroatoms. The van der Waals surface area contributed by atoms with Crippen LogP contribution in [0.2, 0.25) is 0 Å². The molecule has 0 fully saturated rings. The Bertz CT molecular complexity index is 1410. The summed E-state index contributed by atoms with van der Waals surface area (Å²) in [5.41, 5.74) is 4.67. The van der Waals surface area contributed by atoms with Gasteiger partial charge in [0.25, 0.3) is 5.91 Å². The van der Waals surface area contributed by atoms with E-state index in [1.54, 1.807) is 38.4 Å². The van der Waals surface area contributed by atoms with Crippen LogP contribution in [0.4, 0.5) is 11.5 Å². The molecule has 0 saturated carbocycles. The molecule has 1 N–H and O–H groups in total. The average molecular weight is 500 g/mol. The first-order chi connectivity index (χ1) is 17.9. The van der Waals surface area contributed by atoms with Crippen molar-refractivity contribution in [2.24, 2.45) is 0 Å². The van der Waals surface area contributed by atoms with Gasteiger partial charge in [0.05, 0.1) is 30.6 Å². The summed E-state index contributed by atoms with van der Waals surface area (Å²) >= 11 is 0. The summed E-state index contributed by atoms with van der Waals surface area (Å²) in [5, 5.41) is 3.01. The van der Waals surface area contributed by atoms with E-state index in [0.717, 1.165) is 28.3 Å². The Kier molecular flexibility index (Phi) is 7.77. The number of aryl methyl sites for hydroxylation is 1. The van der Waals surface area contributed by atoms with Gasteiger partial charge >= 0.3 is 0 Å². The molecule has 2 aromatic heterocycles.